The van der Waals surface area contributed by atoms with Gasteiger partial charge < -0.3 is 9.64 Å². The van der Waals surface area contributed by atoms with Gasteiger partial charge in [0.1, 0.15) is 11.5 Å². The fourth-order valence-electron chi connectivity index (χ4n) is 3.44. The number of benzene rings is 1. The summed E-state index contributed by atoms with van der Waals surface area (Å²) in [7, 11) is -0.614. The van der Waals surface area contributed by atoms with Crippen molar-refractivity contribution in [3.05, 3.63) is 66.4 Å². The van der Waals surface area contributed by atoms with E-state index in [4.69, 9.17) is 0 Å². The lowest BCUT2D eigenvalue weighted by Crippen LogP contribution is -2.28. The molecule has 0 aliphatic heterocycles. The van der Waals surface area contributed by atoms with Crippen LogP contribution in [0.4, 0.5) is 16.3 Å². The predicted molar refractivity (Wildman–Crippen MR) is 129 cm³/mol. The highest BCUT2D eigenvalue weighted by Gasteiger charge is 2.20. The highest BCUT2D eigenvalue weighted by atomic mass is 32.2. The van der Waals surface area contributed by atoms with Crippen LogP contribution in [0.2, 0.25) is 0 Å². The molecule has 2 amide bonds. The quantitative estimate of drug-likeness (QED) is 0.447. The second kappa shape index (κ2) is 9.14. The number of imidazole rings is 1. The van der Waals surface area contributed by atoms with Crippen LogP contribution in [0.1, 0.15) is 16.2 Å². The average molecular weight is 495 g/mol. The van der Waals surface area contributed by atoms with E-state index in [1.807, 2.05) is 0 Å². The van der Waals surface area contributed by atoms with Crippen molar-refractivity contribution in [2.24, 2.45) is 0 Å². The molecule has 180 valence electrons. The summed E-state index contributed by atoms with van der Waals surface area (Å²) in [5, 5.41) is 2.48. The Balaban J connectivity index is 1.69. The molecule has 3 heterocycles. The Morgan fingerprint density at radius 2 is 1.89 bits per heavy atom. The molecule has 11 nitrogen and oxygen atoms in total. The summed E-state index contributed by atoms with van der Waals surface area (Å²) in [6.45, 7) is 1.74. The lowest BCUT2D eigenvalue weighted by molar-refractivity contribution is 0.0987. The molecular weight excluding hydrogens is 472 g/mol. The zero-order chi connectivity index (χ0) is 25.3. The summed E-state index contributed by atoms with van der Waals surface area (Å²) < 4.78 is 30.1. The first kappa shape index (κ1) is 23.8. The molecule has 0 unspecified atom stereocenters. The number of amides is 2. The van der Waals surface area contributed by atoms with Crippen LogP contribution < -0.4 is 10.2 Å². The van der Waals surface area contributed by atoms with Crippen LogP contribution in [0.25, 0.3) is 16.9 Å². The normalized spacial score (nSPS) is 11.3. The van der Waals surface area contributed by atoms with Crippen LogP contribution >= 0.6 is 0 Å². The van der Waals surface area contributed by atoms with Crippen molar-refractivity contribution in [1.29, 1.82) is 0 Å². The van der Waals surface area contributed by atoms with E-state index in [0.29, 0.717) is 34.1 Å². The van der Waals surface area contributed by atoms with Gasteiger partial charge in [-0.1, -0.05) is 6.07 Å². The van der Waals surface area contributed by atoms with E-state index in [1.165, 1.54) is 24.1 Å². The third-order valence-electron chi connectivity index (χ3n) is 5.29. The van der Waals surface area contributed by atoms with Crippen LogP contribution in [0.5, 0.6) is 0 Å². The Labute approximate surface area is 201 Å². The number of sulfone groups is 1. The highest BCUT2D eigenvalue weighted by Crippen LogP contribution is 2.24. The molecule has 0 spiro atoms. The van der Waals surface area contributed by atoms with E-state index < -0.39 is 21.8 Å². The summed E-state index contributed by atoms with van der Waals surface area (Å²) in [5.74, 6) is -0.0999. The fraction of sp³-hybridized carbons (Fsp3) is 0.174. The summed E-state index contributed by atoms with van der Waals surface area (Å²) in [5.41, 5.74) is 3.04. The van der Waals surface area contributed by atoms with Crippen LogP contribution in [-0.4, -0.2) is 60.2 Å². The van der Waals surface area contributed by atoms with Gasteiger partial charge in [-0.25, -0.2) is 28.2 Å². The number of aryl methyl sites for hydroxylation is 1. The molecule has 0 radical (unpaired) electrons. The van der Waals surface area contributed by atoms with Gasteiger partial charge in [0.05, 0.1) is 29.6 Å². The summed E-state index contributed by atoms with van der Waals surface area (Å²) in [4.78, 5) is 39.1. The largest absolute Gasteiger partial charge is 0.453 e. The maximum absolute atomic E-state index is 13.3. The number of carbonyl (C=O) groups excluding carboxylic acids is 2. The smallest absolute Gasteiger partial charge is 0.412 e. The summed E-state index contributed by atoms with van der Waals surface area (Å²) in [6.07, 6.45) is 5.26. The first-order valence-electron chi connectivity index (χ1n) is 10.3. The second-order valence-electron chi connectivity index (χ2n) is 7.73. The number of carbonyl (C=O) groups is 2. The minimum Gasteiger partial charge on any atom is -0.453 e. The van der Waals surface area contributed by atoms with Crippen LogP contribution in [-0.2, 0) is 14.6 Å². The number of nitrogens with one attached hydrogen (secondary N) is 1. The van der Waals surface area contributed by atoms with Gasteiger partial charge in [-0.05, 0) is 37.3 Å². The molecule has 0 saturated carbocycles. The minimum absolute atomic E-state index is 0.115. The van der Waals surface area contributed by atoms with Gasteiger partial charge in [0.15, 0.2) is 15.5 Å². The Kier molecular flexibility index (Phi) is 6.22. The first-order chi connectivity index (χ1) is 16.6. The van der Waals surface area contributed by atoms with Gasteiger partial charge in [-0.3, -0.25) is 14.5 Å². The molecule has 0 saturated heterocycles. The number of methoxy groups -OCH3 is 1. The molecule has 4 rings (SSSR count). The SMILES string of the molecule is COC(=O)Nc1ccc(-c2cnc3c(C)nc(C(=O)N(C)c4cccc(S(C)(=O)=O)c4)cn23)cn1. The first-order valence-corrected chi connectivity index (χ1v) is 12.2. The van der Waals surface area contributed by atoms with Gasteiger partial charge >= 0.3 is 6.09 Å². The molecule has 0 fully saturated rings. The van der Waals surface area contributed by atoms with E-state index in [9.17, 15) is 18.0 Å². The number of aromatic nitrogens is 4. The van der Waals surface area contributed by atoms with Crippen molar-refractivity contribution >= 4 is 39.0 Å². The summed E-state index contributed by atoms with van der Waals surface area (Å²) in [6, 6.07) is 9.52. The number of nitrogens with zero attached hydrogens (tertiary/aromatic N) is 5. The fourth-order valence-corrected chi connectivity index (χ4v) is 4.11. The highest BCUT2D eigenvalue weighted by molar-refractivity contribution is 7.90. The van der Waals surface area contributed by atoms with Gasteiger partial charge in [0.25, 0.3) is 5.91 Å². The number of hydrogen-bond donors (Lipinski definition) is 1. The number of fused-ring (bicyclic) bond motifs is 1. The molecule has 0 bridgehead atoms. The maximum atomic E-state index is 13.3. The van der Waals surface area contributed by atoms with E-state index in [-0.39, 0.29) is 10.6 Å². The molecule has 12 heteroatoms. The van der Waals surface area contributed by atoms with Crippen LogP contribution in [0.3, 0.4) is 0 Å². The lowest BCUT2D eigenvalue weighted by Gasteiger charge is -2.18. The Morgan fingerprint density at radius 3 is 2.54 bits per heavy atom. The van der Waals surface area contributed by atoms with Crippen molar-refractivity contribution in [3.8, 4) is 11.3 Å². The van der Waals surface area contributed by atoms with E-state index in [2.05, 4.69) is 25.0 Å². The molecule has 35 heavy (non-hydrogen) atoms. The number of ether oxygens (including phenoxy) is 1. The Hall–Kier alpha value is -4.32. The zero-order valence-corrected chi connectivity index (χ0v) is 20.2. The van der Waals surface area contributed by atoms with Crippen molar-refractivity contribution in [3.63, 3.8) is 0 Å². The predicted octanol–water partition coefficient (Wildman–Crippen LogP) is 2.96. The topological polar surface area (TPSA) is 136 Å². The number of anilines is 2. The third kappa shape index (κ3) is 4.82. The maximum Gasteiger partial charge on any atom is 0.412 e. The van der Waals surface area contributed by atoms with Crippen molar-refractivity contribution in [1.82, 2.24) is 19.4 Å². The Morgan fingerprint density at radius 1 is 1.11 bits per heavy atom. The molecule has 1 aromatic carbocycles. The van der Waals surface area contributed by atoms with Gasteiger partial charge in [0, 0.05) is 36.9 Å². The summed E-state index contributed by atoms with van der Waals surface area (Å²) >= 11 is 0. The van der Waals surface area contributed by atoms with Crippen molar-refractivity contribution in [2.45, 2.75) is 11.8 Å². The minimum atomic E-state index is -3.43. The van der Waals surface area contributed by atoms with E-state index in [1.54, 1.807) is 61.2 Å². The average Bonchev–Trinajstić information content (AvgIpc) is 3.27. The lowest BCUT2D eigenvalue weighted by atomic mass is 10.2. The molecule has 0 atom stereocenters. The van der Waals surface area contributed by atoms with Crippen LogP contribution in [0, 0.1) is 6.92 Å². The number of hydrogen-bond acceptors (Lipinski definition) is 8. The van der Waals surface area contributed by atoms with Crippen molar-refractivity contribution < 1.29 is 22.7 Å². The van der Waals surface area contributed by atoms with Crippen LogP contribution in [0.15, 0.2) is 59.9 Å². The van der Waals surface area contributed by atoms with Gasteiger partial charge in [-0.2, -0.15) is 0 Å². The van der Waals surface area contributed by atoms with Crippen molar-refractivity contribution in [2.75, 3.05) is 30.6 Å². The molecule has 0 aliphatic carbocycles. The Bertz CT molecular complexity index is 1550. The molecular formula is C23H22N6O5S. The number of pyridine rings is 1. The zero-order valence-electron chi connectivity index (χ0n) is 19.4. The van der Waals surface area contributed by atoms with E-state index in [0.717, 1.165) is 6.26 Å². The van der Waals surface area contributed by atoms with E-state index >= 15 is 0 Å². The molecule has 0 aliphatic rings. The monoisotopic (exact) mass is 494 g/mol. The second-order valence-corrected chi connectivity index (χ2v) is 9.75. The van der Waals surface area contributed by atoms with Gasteiger partial charge in [-0.15, -0.1) is 0 Å². The third-order valence-corrected chi connectivity index (χ3v) is 6.40. The number of rotatable bonds is 5. The standard InChI is InChI=1S/C23H22N6O5S/c1-14-21-25-12-19(15-8-9-20(24-11-15)27-23(31)34-3)29(21)13-18(26-14)22(30)28(2)16-6-5-7-17(10-16)35(4,32)33/h5-13H,1-4H3,(H,24,27,31). The molecule has 4 aromatic rings. The molecule has 1 N–H and O–H groups in total. The van der Waals surface area contributed by atoms with Gasteiger partial charge in [0.2, 0.25) is 0 Å². The molecule has 3 aromatic heterocycles.